The summed E-state index contributed by atoms with van der Waals surface area (Å²) in [6.45, 7) is 4.45. The van der Waals surface area contributed by atoms with Crippen LogP contribution in [0.3, 0.4) is 0 Å². The highest BCUT2D eigenvalue weighted by atomic mass is 15.3. The molecular weight excluding hydrogens is 192 g/mol. The maximum Gasteiger partial charge on any atom is 0.198 e. The van der Waals surface area contributed by atoms with Gasteiger partial charge in [0.25, 0.3) is 0 Å². The van der Waals surface area contributed by atoms with Crippen LogP contribution in [-0.4, -0.2) is 27.4 Å². The van der Waals surface area contributed by atoms with Crippen molar-refractivity contribution in [1.82, 2.24) is 20.6 Å². The van der Waals surface area contributed by atoms with Crippen molar-refractivity contribution >= 4 is 11.4 Å². The monoisotopic (exact) mass is 204 g/mol. The number of rotatable bonds is 3. The van der Waals surface area contributed by atoms with Gasteiger partial charge in [0.1, 0.15) is 5.71 Å². The van der Waals surface area contributed by atoms with Gasteiger partial charge in [-0.25, -0.2) is 4.98 Å². The Balaban J connectivity index is 2.23. The van der Waals surface area contributed by atoms with Crippen LogP contribution in [0.15, 0.2) is 23.7 Å². The average Bonchev–Trinajstić information content (AvgIpc) is 2.78. The second kappa shape index (κ2) is 4.05. The van der Waals surface area contributed by atoms with Gasteiger partial charge >= 0.3 is 0 Å². The lowest BCUT2D eigenvalue weighted by atomic mass is 10.2. The van der Waals surface area contributed by atoms with E-state index in [9.17, 15) is 0 Å². The lowest BCUT2D eigenvalue weighted by Gasteiger charge is -2.01. The van der Waals surface area contributed by atoms with Crippen molar-refractivity contribution in [3.8, 4) is 0 Å². The van der Waals surface area contributed by atoms with E-state index in [0.29, 0.717) is 17.3 Å². The van der Waals surface area contributed by atoms with E-state index in [0.717, 1.165) is 18.7 Å². The van der Waals surface area contributed by atoms with Crippen LogP contribution >= 0.6 is 0 Å². The van der Waals surface area contributed by atoms with E-state index in [1.54, 1.807) is 0 Å². The van der Waals surface area contributed by atoms with Crippen molar-refractivity contribution in [2.24, 2.45) is 10.8 Å². The summed E-state index contributed by atoms with van der Waals surface area (Å²) in [5, 5.41) is 6.76. The van der Waals surface area contributed by atoms with Crippen molar-refractivity contribution in [3.63, 3.8) is 0 Å². The summed E-state index contributed by atoms with van der Waals surface area (Å²) in [5.74, 6) is 6.29. The van der Waals surface area contributed by atoms with Gasteiger partial charge in [-0.3, -0.25) is 15.9 Å². The SMILES string of the molecule is C=C(NN)c1n[nH]c(C2=NCCC=C2)n1. The van der Waals surface area contributed by atoms with Gasteiger partial charge in [0, 0.05) is 6.54 Å². The van der Waals surface area contributed by atoms with Gasteiger partial charge < -0.3 is 5.43 Å². The molecule has 0 bridgehead atoms. The first-order valence-electron chi connectivity index (χ1n) is 4.61. The van der Waals surface area contributed by atoms with Crippen molar-refractivity contribution in [3.05, 3.63) is 30.4 Å². The Bertz CT molecular complexity index is 428. The normalized spacial score (nSPS) is 14.9. The molecule has 0 saturated carbocycles. The molecule has 1 aliphatic rings. The van der Waals surface area contributed by atoms with Gasteiger partial charge in [-0.2, -0.15) is 5.10 Å². The molecule has 15 heavy (non-hydrogen) atoms. The van der Waals surface area contributed by atoms with Crippen molar-refractivity contribution in [1.29, 1.82) is 0 Å². The van der Waals surface area contributed by atoms with Crippen molar-refractivity contribution in [2.75, 3.05) is 6.54 Å². The van der Waals surface area contributed by atoms with Gasteiger partial charge in [0.15, 0.2) is 11.6 Å². The summed E-state index contributed by atoms with van der Waals surface area (Å²) in [6.07, 6.45) is 4.95. The van der Waals surface area contributed by atoms with Gasteiger partial charge in [-0.15, -0.1) is 0 Å². The predicted molar refractivity (Wildman–Crippen MR) is 57.9 cm³/mol. The summed E-state index contributed by atoms with van der Waals surface area (Å²) in [5.41, 5.74) is 3.68. The number of nitrogens with zero attached hydrogens (tertiary/aromatic N) is 3. The number of aromatic amines is 1. The van der Waals surface area contributed by atoms with Gasteiger partial charge in [-0.1, -0.05) is 12.7 Å². The fourth-order valence-corrected chi connectivity index (χ4v) is 1.24. The smallest absolute Gasteiger partial charge is 0.198 e. The Morgan fingerprint density at radius 1 is 1.60 bits per heavy atom. The summed E-state index contributed by atoms with van der Waals surface area (Å²) in [6, 6.07) is 0. The molecule has 0 spiro atoms. The molecule has 0 aliphatic carbocycles. The summed E-state index contributed by atoms with van der Waals surface area (Å²) in [7, 11) is 0. The molecule has 0 radical (unpaired) electrons. The zero-order valence-corrected chi connectivity index (χ0v) is 8.20. The van der Waals surface area contributed by atoms with E-state index in [1.807, 2.05) is 6.08 Å². The molecule has 6 heteroatoms. The molecule has 2 rings (SSSR count). The number of allylic oxidation sites excluding steroid dienone is 1. The van der Waals surface area contributed by atoms with Gasteiger partial charge in [-0.05, 0) is 12.5 Å². The molecule has 2 heterocycles. The fourth-order valence-electron chi connectivity index (χ4n) is 1.24. The number of nitrogens with one attached hydrogen (secondary N) is 2. The number of hydrogen-bond donors (Lipinski definition) is 3. The van der Waals surface area contributed by atoms with E-state index in [2.05, 4.69) is 38.3 Å². The van der Waals surface area contributed by atoms with Crippen LogP contribution in [0.5, 0.6) is 0 Å². The number of dihydropyridines is 1. The Morgan fingerprint density at radius 3 is 3.13 bits per heavy atom. The maximum atomic E-state index is 5.20. The molecule has 78 valence electrons. The quantitative estimate of drug-likeness (QED) is 0.477. The number of aromatic nitrogens is 3. The molecule has 0 amide bonds. The third-order valence-electron chi connectivity index (χ3n) is 2.03. The second-order valence-electron chi connectivity index (χ2n) is 3.09. The molecular formula is C9H12N6. The molecule has 1 aliphatic heterocycles. The predicted octanol–water partition coefficient (Wildman–Crippen LogP) is -0.0123. The topological polar surface area (TPSA) is 92.0 Å². The van der Waals surface area contributed by atoms with E-state index in [-0.39, 0.29) is 0 Å². The first-order valence-corrected chi connectivity index (χ1v) is 4.61. The largest absolute Gasteiger partial charge is 0.321 e. The molecule has 4 N–H and O–H groups in total. The molecule has 0 saturated heterocycles. The molecule has 0 aromatic carbocycles. The highest BCUT2D eigenvalue weighted by Gasteiger charge is 2.10. The van der Waals surface area contributed by atoms with Gasteiger partial charge in [0.2, 0.25) is 0 Å². The Kier molecular flexibility index (Phi) is 2.59. The van der Waals surface area contributed by atoms with Crippen LogP contribution in [0.4, 0.5) is 0 Å². The average molecular weight is 204 g/mol. The number of aliphatic imine (C=N–C) groups is 1. The van der Waals surface area contributed by atoms with E-state index in [4.69, 9.17) is 5.84 Å². The zero-order chi connectivity index (χ0) is 10.7. The van der Waals surface area contributed by atoms with Crippen LogP contribution < -0.4 is 11.3 Å². The summed E-state index contributed by atoms with van der Waals surface area (Å²) >= 11 is 0. The molecule has 0 unspecified atom stereocenters. The summed E-state index contributed by atoms with van der Waals surface area (Å²) in [4.78, 5) is 8.53. The lowest BCUT2D eigenvalue weighted by Crippen LogP contribution is -2.19. The first kappa shape index (κ1) is 9.60. The van der Waals surface area contributed by atoms with Crippen LogP contribution in [0.25, 0.3) is 5.70 Å². The fraction of sp³-hybridized carbons (Fsp3) is 0.222. The number of H-pyrrole nitrogens is 1. The minimum atomic E-state index is 0.453. The third-order valence-corrected chi connectivity index (χ3v) is 2.03. The highest BCUT2D eigenvalue weighted by Crippen LogP contribution is 2.06. The van der Waals surface area contributed by atoms with E-state index < -0.39 is 0 Å². The number of hydrazine groups is 1. The van der Waals surface area contributed by atoms with Crippen LogP contribution in [0.1, 0.15) is 18.1 Å². The Hall–Kier alpha value is -1.95. The van der Waals surface area contributed by atoms with Crippen LogP contribution in [0, 0.1) is 0 Å². The van der Waals surface area contributed by atoms with E-state index in [1.165, 1.54) is 0 Å². The molecule has 0 fully saturated rings. The third kappa shape index (κ3) is 1.94. The van der Waals surface area contributed by atoms with E-state index >= 15 is 0 Å². The minimum absolute atomic E-state index is 0.453. The molecule has 1 aromatic heterocycles. The summed E-state index contributed by atoms with van der Waals surface area (Å²) < 4.78 is 0. The highest BCUT2D eigenvalue weighted by molar-refractivity contribution is 6.06. The molecule has 1 aromatic rings. The number of hydrogen-bond acceptors (Lipinski definition) is 5. The maximum absolute atomic E-state index is 5.20. The lowest BCUT2D eigenvalue weighted by molar-refractivity contribution is 0.957. The first-order chi connectivity index (χ1) is 7.31. The Morgan fingerprint density at radius 2 is 2.47 bits per heavy atom. The zero-order valence-electron chi connectivity index (χ0n) is 8.20. The molecule has 6 nitrogen and oxygen atoms in total. The Labute approximate surface area is 87.0 Å². The second-order valence-corrected chi connectivity index (χ2v) is 3.09. The van der Waals surface area contributed by atoms with Crippen LogP contribution in [0.2, 0.25) is 0 Å². The van der Waals surface area contributed by atoms with Gasteiger partial charge in [0.05, 0.1) is 5.70 Å². The molecule has 0 atom stereocenters. The van der Waals surface area contributed by atoms with Crippen molar-refractivity contribution < 1.29 is 0 Å². The van der Waals surface area contributed by atoms with Crippen molar-refractivity contribution in [2.45, 2.75) is 6.42 Å². The van der Waals surface area contributed by atoms with Crippen LogP contribution in [-0.2, 0) is 0 Å². The number of nitrogens with two attached hydrogens (primary N) is 1. The standard InChI is InChI=1S/C9H12N6/c1-6(13-10)8-12-9(15-14-8)7-4-2-3-5-11-7/h2,4,13H,1,3,5,10H2,(H,12,14,15). The minimum Gasteiger partial charge on any atom is -0.321 e.